The first-order valence-electron chi connectivity index (χ1n) is 12.5. The maximum atomic E-state index is 13.3. The van der Waals surface area contributed by atoms with Gasteiger partial charge in [0.05, 0.1) is 7.11 Å². The number of carbonyl (C=O) groups is 3. The molecule has 2 aliphatic carbocycles. The highest BCUT2D eigenvalue weighted by Gasteiger charge is 2.43. The summed E-state index contributed by atoms with van der Waals surface area (Å²) in [4.78, 5) is 41.4. The fourth-order valence-corrected chi connectivity index (χ4v) is 5.93. The zero-order valence-electron chi connectivity index (χ0n) is 20.9. The van der Waals surface area contributed by atoms with Gasteiger partial charge in [0.2, 0.25) is 0 Å². The molecule has 0 radical (unpaired) electrons. The molecule has 8 heteroatoms. The van der Waals surface area contributed by atoms with E-state index in [0.29, 0.717) is 41.2 Å². The average molecular weight is 565 g/mol. The number of methoxy groups -OCH3 is 1. The topological polar surface area (TPSA) is 84.9 Å². The standard InChI is InChI=1S/C29H29BrN2O5/c1-32-21-5-3-7-23(33)28(21)27(29-22(32)6-4-8-24(29)34)20-15-17(30)9-14-25(20)37-16-26(35)31-18-10-12-19(36-2)13-11-18/h9-15,27H,3-8,16H2,1-2H3,(H,31,35). The van der Waals surface area contributed by atoms with E-state index < -0.39 is 5.92 Å². The van der Waals surface area contributed by atoms with Crippen molar-refractivity contribution < 1.29 is 23.9 Å². The van der Waals surface area contributed by atoms with Crippen LogP contribution in [0, 0.1) is 0 Å². The largest absolute Gasteiger partial charge is 0.497 e. The molecule has 0 aromatic heterocycles. The van der Waals surface area contributed by atoms with Gasteiger partial charge in [-0.3, -0.25) is 14.4 Å². The molecule has 0 atom stereocenters. The summed E-state index contributed by atoms with van der Waals surface area (Å²) in [6.45, 7) is -0.215. The maximum Gasteiger partial charge on any atom is 0.262 e. The summed E-state index contributed by atoms with van der Waals surface area (Å²) in [7, 11) is 3.56. The number of rotatable bonds is 6. The van der Waals surface area contributed by atoms with Crippen LogP contribution in [0.25, 0.3) is 0 Å². The lowest BCUT2D eigenvalue weighted by atomic mass is 9.71. The van der Waals surface area contributed by atoms with Gasteiger partial charge in [0.25, 0.3) is 5.91 Å². The predicted molar refractivity (Wildman–Crippen MR) is 144 cm³/mol. The predicted octanol–water partition coefficient (Wildman–Crippen LogP) is 5.52. The minimum atomic E-state index is -0.501. The molecule has 7 nitrogen and oxygen atoms in total. The number of Topliss-reactive ketones (excluding diaryl/α,β-unsaturated/α-hetero) is 2. The van der Waals surface area contributed by atoms with Crippen LogP contribution in [0.5, 0.6) is 11.5 Å². The molecule has 0 bridgehead atoms. The van der Waals surface area contributed by atoms with Crippen molar-refractivity contribution in [1.82, 2.24) is 4.90 Å². The van der Waals surface area contributed by atoms with Crippen LogP contribution < -0.4 is 14.8 Å². The molecule has 1 heterocycles. The molecular formula is C29H29BrN2O5. The molecule has 1 N–H and O–H groups in total. The van der Waals surface area contributed by atoms with Crippen molar-refractivity contribution in [2.24, 2.45) is 0 Å². The number of halogens is 1. The highest BCUT2D eigenvalue weighted by atomic mass is 79.9. The smallest absolute Gasteiger partial charge is 0.262 e. The van der Waals surface area contributed by atoms with Crippen LogP contribution in [-0.4, -0.2) is 43.1 Å². The zero-order chi connectivity index (χ0) is 26.1. The van der Waals surface area contributed by atoms with Crippen LogP contribution in [0.3, 0.4) is 0 Å². The van der Waals surface area contributed by atoms with Crippen LogP contribution in [-0.2, 0) is 14.4 Å². The molecule has 0 unspecified atom stereocenters. The van der Waals surface area contributed by atoms with Gasteiger partial charge in [0.15, 0.2) is 18.2 Å². The number of hydrogen-bond acceptors (Lipinski definition) is 6. The quantitative estimate of drug-likeness (QED) is 0.497. The average Bonchev–Trinajstić information content (AvgIpc) is 2.89. The summed E-state index contributed by atoms with van der Waals surface area (Å²) in [6, 6.07) is 12.6. The number of ether oxygens (including phenoxy) is 2. The summed E-state index contributed by atoms with van der Waals surface area (Å²) in [6.07, 6.45) is 4.14. The summed E-state index contributed by atoms with van der Waals surface area (Å²) < 4.78 is 12.0. The summed E-state index contributed by atoms with van der Waals surface area (Å²) in [5, 5.41) is 2.82. The molecule has 1 aliphatic heterocycles. The normalized spacial score (nSPS) is 18.0. The van der Waals surface area contributed by atoms with E-state index in [1.165, 1.54) is 0 Å². The first kappa shape index (κ1) is 25.3. The SMILES string of the molecule is COc1ccc(NC(=O)COc2ccc(Br)cc2C2C3=C(CCCC3=O)N(C)C3=C2C(=O)CCC3)cc1. The second-order valence-corrected chi connectivity index (χ2v) is 10.4. The van der Waals surface area contributed by atoms with Crippen LogP contribution in [0.2, 0.25) is 0 Å². The van der Waals surface area contributed by atoms with Gasteiger partial charge in [-0.2, -0.15) is 0 Å². The summed E-state index contributed by atoms with van der Waals surface area (Å²) in [5.74, 6) is 0.517. The molecule has 2 aromatic rings. The summed E-state index contributed by atoms with van der Waals surface area (Å²) >= 11 is 3.56. The van der Waals surface area contributed by atoms with Crippen molar-refractivity contribution in [3.8, 4) is 11.5 Å². The number of carbonyl (C=O) groups excluding carboxylic acids is 3. The van der Waals surface area contributed by atoms with Gasteiger partial charge in [0, 0.05) is 64.1 Å². The van der Waals surface area contributed by atoms with E-state index in [9.17, 15) is 14.4 Å². The van der Waals surface area contributed by atoms with E-state index in [4.69, 9.17) is 9.47 Å². The number of nitrogens with one attached hydrogen (secondary N) is 1. The van der Waals surface area contributed by atoms with E-state index in [2.05, 4.69) is 26.1 Å². The molecular weight excluding hydrogens is 536 g/mol. The van der Waals surface area contributed by atoms with Crippen molar-refractivity contribution in [2.45, 2.75) is 44.4 Å². The molecule has 0 saturated carbocycles. The van der Waals surface area contributed by atoms with Crippen LogP contribution >= 0.6 is 15.9 Å². The Morgan fingerprint density at radius 1 is 0.973 bits per heavy atom. The third kappa shape index (κ3) is 4.94. The van der Waals surface area contributed by atoms with Gasteiger partial charge < -0.3 is 19.7 Å². The number of benzene rings is 2. The van der Waals surface area contributed by atoms with E-state index in [1.807, 2.05) is 19.2 Å². The Bertz CT molecular complexity index is 1280. The highest BCUT2D eigenvalue weighted by molar-refractivity contribution is 9.10. The Hall–Kier alpha value is -3.39. The first-order chi connectivity index (χ1) is 17.9. The van der Waals surface area contributed by atoms with Crippen molar-refractivity contribution >= 4 is 39.1 Å². The number of amides is 1. The molecule has 0 fully saturated rings. The fraction of sp³-hybridized carbons (Fsp3) is 0.345. The third-order valence-electron chi connectivity index (χ3n) is 7.26. The maximum absolute atomic E-state index is 13.3. The van der Waals surface area contributed by atoms with Gasteiger partial charge in [-0.25, -0.2) is 0 Å². The van der Waals surface area contributed by atoms with Crippen LogP contribution in [0.1, 0.15) is 50.0 Å². The Morgan fingerprint density at radius 3 is 2.19 bits per heavy atom. The van der Waals surface area contributed by atoms with Gasteiger partial charge in [-0.1, -0.05) is 15.9 Å². The molecule has 0 spiro atoms. The van der Waals surface area contributed by atoms with Crippen molar-refractivity contribution in [3.05, 3.63) is 75.0 Å². The minimum Gasteiger partial charge on any atom is -0.497 e. The molecule has 192 valence electrons. The van der Waals surface area contributed by atoms with E-state index in [-0.39, 0.29) is 24.1 Å². The monoisotopic (exact) mass is 564 g/mol. The fourth-order valence-electron chi connectivity index (χ4n) is 5.55. The summed E-state index contributed by atoms with van der Waals surface area (Å²) in [5.41, 5.74) is 4.73. The molecule has 0 saturated heterocycles. The number of nitrogens with zero attached hydrogens (tertiary/aromatic N) is 1. The molecule has 5 rings (SSSR count). The lowest BCUT2D eigenvalue weighted by molar-refractivity contribution is -0.119. The van der Waals surface area contributed by atoms with E-state index in [1.54, 1.807) is 37.4 Å². The Morgan fingerprint density at radius 2 is 1.59 bits per heavy atom. The van der Waals surface area contributed by atoms with Gasteiger partial charge in [-0.15, -0.1) is 0 Å². The molecule has 1 amide bonds. The zero-order valence-corrected chi connectivity index (χ0v) is 22.5. The van der Waals surface area contributed by atoms with Crippen LogP contribution in [0.15, 0.2) is 69.5 Å². The van der Waals surface area contributed by atoms with Gasteiger partial charge in [-0.05, 0) is 68.1 Å². The number of hydrogen-bond donors (Lipinski definition) is 1. The first-order valence-corrected chi connectivity index (χ1v) is 13.3. The second-order valence-electron chi connectivity index (χ2n) is 9.51. The number of anilines is 1. The van der Waals surface area contributed by atoms with Crippen molar-refractivity contribution in [3.63, 3.8) is 0 Å². The van der Waals surface area contributed by atoms with Crippen LogP contribution in [0.4, 0.5) is 5.69 Å². The third-order valence-corrected chi connectivity index (χ3v) is 7.75. The Labute approximate surface area is 224 Å². The van der Waals surface area contributed by atoms with E-state index >= 15 is 0 Å². The number of allylic oxidation sites excluding steroid dienone is 4. The minimum absolute atomic E-state index is 0.0752. The van der Waals surface area contributed by atoms with Gasteiger partial charge >= 0.3 is 0 Å². The Kier molecular flexibility index (Phi) is 7.20. The molecule has 2 aromatic carbocycles. The van der Waals surface area contributed by atoms with Gasteiger partial charge in [0.1, 0.15) is 11.5 Å². The van der Waals surface area contributed by atoms with Crippen molar-refractivity contribution in [2.75, 3.05) is 26.1 Å². The van der Waals surface area contributed by atoms with E-state index in [0.717, 1.165) is 47.1 Å². The van der Waals surface area contributed by atoms with Crippen molar-refractivity contribution in [1.29, 1.82) is 0 Å². The lowest BCUT2D eigenvalue weighted by Gasteiger charge is -2.42. The number of ketones is 2. The second kappa shape index (κ2) is 10.5. The lowest BCUT2D eigenvalue weighted by Crippen LogP contribution is -2.37. The highest BCUT2D eigenvalue weighted by Crippen LogP contribution is 2.50. The molecule has 37 heavy (non-hydrogen) atoms. The Balaban J connectivity index is 1.48. The molecule has 3 aliphatic rings.